The molecule has 0 atom stereocenters. The molecule has 0 heterocycles. The molecule has 0 aromatic carbocycles. The molecule has 1 aliphatic carbocycles. The Hall–Kier alpha value is 1.15. The Morgan fingerprint density at radius 1 is 1.11 bits per heavy atom. The molecule has 1 aliphatic rings. The monoisotopic (exact) mass is 392 g/mol. The van der Waals surface area contributed by atoms with E-state index >= 15 is 0 Å². The summed E-state index contributed by atoms with van der Waals surface area (Å²) in [7, 11) is 3.30. The molecular formula is C12H21Cl3O2Zr. The van der Waals surface area contributed by atoms with Crippen LogP contribution < -0.4 is 37.2 Å². The Morgan fingerprint density at radius 3 is 1.89 bits per heavy atom. The van der Waals surface area contributed by atoms with Crippen molar-refractivity contribution < 1.29 is 71.4 Å². The van der Waals surface area contributed by atoms with Gasteiger partial charge in [0.15, 0.2) is 0 Å². The SMILES string of the molecule is CCCC1=[C]([Zr+3])CC=C1.COCCOC.[Cl-].[Cl-].[Cl-]. The molecule has 18 heavy (non-hydrogen) atoms. The summed E-state index contributed by atoms with van der Waals surface area (Å²) in [5, 5.41) is 0. The molecule has 0 amide bonds. The predicted molar refractivity (Wildman–Crippen MR) is 59.4 cm³/mol. The van der Waals surface area contributed by atoms with Crippen molar-refractivity contribution in [1.82, 2.24) is 0 Å². The second-order valence-electron chi connectivity index (χ2n) is 3.35. The van der Waals surface area contributed by atoms with Gasteiger partial charge in [0.05, 0.1) is 13.2 Å². The molecule has 0 spiro atoms. The number of rotatable bonds is 5. The van der Waals surface area contributed by atoms with E-state index < -0.39 is 0 Å². The molecule has 106 valence electrons. The van der Waals surface area contributed by atoms with Crippen molar-refractivity contribution in [2.24, 2.45) is 0 Å². The van der Waals surface area contributed by atoms with Gasteiger partial charge in [-0.2, -0.15) is 0 Å². The van der Waals surface area contributed by atoms with Gasteiger partial charge in [-0.15, -0.1) is 0 Å². The Labute approximate surface area is 145 Å². The number of hydrogen-bond donors (Lipinski definition) is 0. The Morgan fingerprint density at radius 2 is 1.61 bits per heavy atom. The normalized spacial score (nSPS) is 11.8. The Bertz CT molecular complexity index is 217. The van der Waals surface area contributed by atoms with Crippen molar-refractivity contribution in [3.63, 3.8) is 0 Å². The molecule has 6 heteroatoms. The first-order valence-electron chi connectivity index (χ1n) is 5.34. The average molecular weight is 395 g/mol. The number of allylic oxidation sites excluding steroid dienone is 4. The van der Waals surface area contributed by atoms with Crippen LogP contribution in [-0.2, 0) is 34.2 Å². The van der Waals surface area contributed by atoms with Crippen molar-refractivity contribution >= 4 is 0 Å². The zero-order valence-electron chi connectivity index (χ0n) is 11.1. The van der Waals surface area contributed by atoms with Crippen LogP contribution in [-0.4, -0.2) is 27.4 Å². The molecule has 0 aromatic rings. The molecule has 1 rings (SSSR count). The molecule has 0 aliphatic heterocycles. The molecule has 0 unspecified atom stereocenters. The Kier molecular flexibility index (Phi) is 31.3. The van der Waals surface area contributed by atoms with Gasteiger partial charge in [-0.1, -0.05) is 0 Å². The van der Waals surface area contributed by atoms with E-state index in [1.54, 1.807) is 47.8 Å². The fourth-order valence-electron chi connectivity index (χ4n) is 1.22. The van der Waals surface area contributed by atoms with Gasteiger partial charge < -0.3 is 46.7 Å². The van der Waals surface area contributed by atoms with Gasteiger partial charge in [0.2, 0.25) is 0 Å². The quantitative estimate of drug-likeness (QED) is 0.432. The van der Waals surface area contributed by atoms with Gasteiger partial charge >= 0.3 is 71.9 Å². The van der Waals surface area contributed by atoms with Crippen LogP contribution >= 0.6 is 0 Å². The maximum Gasteiger partial charge on any atom is 0.0696 e. The van der Waals surface area contributed by atoms with Crippen LogP contribution in [0.5, 0.6) is 0 Å². The van der Waals surface area contributed by atoms with Gasteiger partial charge in [-0.3, -0.25) is 0 Å². The molecule has 0 radical (unpaired) electrons. The average Bonchev–Trinajstić information content (AvgIpc) is 2.63. The van der Waals surface area contributed by atoms with E-state index in [1.165, 1.54) is 19.3 Å². The van der Waals surface area contributed by atoms with Gasteiger partial charge in [0.1, 0.15) is 0 Å². The third kappa shape index (κ3) is 15.2. The van der Waals surface area contributed by atoms with Crippen LogP contribution in [0.2, 0.25) is 0 Å². The molecule has 0 bridgehead atoms. The van der Waals surface area contributed by atoms with E-state index in [0.717, 1.165) is 0 Å². The number of methoxy groups -OCH3 is 2. The standard InChI is InChI=1S/C8H11.C4H10O2.3ClH.Zr/c1-2-5-8-6-3-4-7-8;1-5-3-4-6-2;;;;/h3,6H,2,4-5H2,1H3;3-4H2,1-2H3;3*1H;/q;;;;;+3/p-3. The summed E-state index contributed by atoms with van der Waals surface area (Å²) in [6.07, 6.45) is 8.37. The van der Waals surface area contributed by atoms with E-state index in [1.807, 2.05) is 0 Å². The van der Waals surface area contributed by atoms with Gasteiger partial charge in [0.25, 0.3) is 0 Å². The van der Waals surface area contributed by atoms with E-state index in [0.29, 0.717) is 13.2 Å². The number of halogens is 3. The molecule has 2 nitrogen and oxygen atoms in total. The first-order chi connectivity index (χ1) is 7.26. The van der Waals surface area contributed by atoms with Gasteiger partial charge in [-0.05, 0) is 0 Å². The summed E-state index contributed by atoms with van der Waals surface area (Å²) in [5.41, 5.74) is 1.61. The summed E-state index contributed by atoms with van der Waals surface area (Å²) >= 11 is 1.61. The Balaban J connectivity index is -0.0000000992. The second-order valence-corrected chi connectivity index (χ2v) is 4.83. The zero-order valence-corrected chi connectivity index (χ0v) is 15.9. The second kappa shape index (κ2) is 20.5. The van der Waals surface area contributed by atoms with Crippen LogP contribution in [0.1, 0.15) is 26.2 Å². The van der Waals surface area contributed by atoms with E-state index in [9.17, 15) is 0 Å². The largest absolute Gasteiger partial charge is 1.00 e. The van der Waals surface area contributed by atoms with Crippen LogP contribution in [0.15, 0.2) is 21.0 Å². The summed E-state index contributed by atoms with van der Waals surface area (Å²) < 4.78 is 11.0. The van der Waals surface area contributed by atoms with Crippen LogP contribution in [0, 0.1) is 0 Å². The summed E-state index contributed by atoms with van der Waals surface area (Å²) in [5.74, 6) is 0. The topological polar surface area (TPSA) is 18.5 Å². The fourth-order valence-corrected chi connectivity index (χ4v) is 2.02. The third-order valence-corrected chi connectivity index (χ3v) is 3.33. The summed E-state index contributed by atoms with van der Waals surface area (Å²) in [6, 6.07) is 0. The zero-order chi connectivity index (χ0) is 11.5. The summed E-state index contributed by atoms with van der Waals surface area (Å²) in [4.78, 5) is 0. The molecule has 0 N–H and O–H groups in total. The van der Waals surface area contributed by atoms with E-state index in [-0.39, 0.29) is 37.2 Å². The third-order valence-electron chi connectivity index (χ3n) is 2.04. The summed E-state index contributed by atoms with van der Waals surface area (Å²) in [6.45, 7) is 3.62. The van der Waals surface area contributed by atoms with Crippen LogP contribution in [0.25, 0.3) is 0 Å². The van der Waals surface area contributed by atoms with Crippen molar-refractivity contribution in [2.75, 3.05) is 27.4 Å². The minimum absolute atomic E-state index is 0. The minimum Gasteiger partial charge on any atom is -1.00 e. The van der Waals surface area contributed by atoms with Crippen molar-refractivity contribution in [2.45, 2.75) is 26.2 Å². The molecule has 0 saturated heterocycles. The molecule has 0 saturated carbocycles. The van der Waals surface area contributed by atoms with Crippen LogP contribution in [0.4, 0.5) is 0 Å². The smallest absolute Gasteiger partial charge is 0.0696 e. The van der Waals surface area contributed by atoms with Crippen LogP contribution in [0.3, 0.4) is 0 Å². The molecule has 0 aromatic heterocycles. The van der Waals surface area contributed by atoms with Crippen molar-refractivity contribution in [1.29, 1.82) is 0 Å². The fraction of sp³-hybridized carbons (Fsp3) is 0.667. The maximum atomic E-state index is 4.66. The van der Waals surface area contributed by atoms with Crippen molar-refractivity contribution in [3.05, 3.63) is 21.0 Å². The first-order valence-corrected chi connectivity index (χ1v) is 6.57. The number of ether oxygens (including phenoxy) is 2. The van der Waals surface area contributed by atoms with Gasteiger partial charge in [0, 0.05) is 14.2 Å². The van der Waals surface area contributed by atoms with Gasteiger partial charge in [-0.25, -0.2) is 0 Å². The first kappa shape index (κ1) is 27.5. The van der Waals surface area contributed by atoms with Crippen molar-refractivity contribution in [3.8, 4) is 0 Å². The van der Waals surface area contributed by atoms with E-state index in [4.69, 9.17) is 0 Å². The molecule has 0 fully saturated rings. The van der Waals surface area contributed by atoms with E-state index in [2.05, 4.69) is 28.5 Å². The molecular weight excluding hydrogens is 374 g/mol. The number of hydrogen-bond acceptors (Lipinski definition) is 2. The minimum atomic E-state index is 0. The maximum absolute atomic E-state index is 4.66. The predicted octanol–water partition coefficient (Wildman–Crippen LogP) is -6.16.